The molecule has 1 fully saturated rings. The molecule has 17 heavy (non-hydrogen) atoms. The predicted molar refractivity (Wildman–Crippen MR) is 67.7 cm³/mol. The van der Waals surface area contributed by atoms with Crippen LogP contribution in [0.5, 0.6) is 0 Å². The lowest BCUT2D eigenvalue weighted by molar-refractivity contribution is 0.199. The van der Waals surface area contributed by atoms with Gasteiger partial charge in [-0.3, -0.25) is 0 Å². The van der Waals surface area contributed by atoms with Crippen LogP contribution in [0, 0.1) is 5.82 Å². The molecule has 0 aromatic heterocycles. The van der Waals surface area contributed by atoms with Gasteiger partial charge in [0.1, 0.15) is 5.82 Å². The fourth-order valence-electron chi connectivity index (χ4n) is 2.58. The van der Waals surface area contributed by atoms with Crippen molar-refractivity contribution in [3.8, 4) is 0 Å². The second-order valence-electron chi connectivity index (χ2n) is 4.92. The lowest BCUT2D eigenvalue weighted by Crippen LogP contribution is -2.38. The minimum Gasteiger partial charge on any atom is -0.389 e. The van der Waals surface area contributed by atoms with E-state index in [1.807, 2.05) is 0 Å². The molecule has 1 aliphatic rings. The smallest absolute Gasteiger partial charge is 0.123 e. The van der Waals surface area contributed by atoms with Crippen molar-refractivity contribution in [2.24, 2.45) is 0 Å². The van der Waals surface area contributed by atoms with Crippen molar-refractivity contribution in [2.75, 3.05) is 11.4 Å². The quantitative estimate of drug-likeness (QED) is 0.853. The average Bonchev–Trinajstić information content (AvgIpc) is 2.30. The topological polar surface area (TPSA) is 23.5 Å². The molecule has 1 aliphatic heterocycles. The molecule has 0 radical (unpaired) electrons. The molecule has 2 rings (SSSR count). The molecule has 0 aliphatic carbocycles. The Kier molecular flexibility index (Phi) is 3.67. The van der Waals surface area contributed by atoms with Gasteiger partial charge in [0.05, 0.1) is 6.10 Å². The monoisotopic (exact) mass is 237 g/mol. The van der Waals surface area contributed by atoms with Crippen molar-refractivity contribution in [3.05, 3.63) is 29.6 Å². The molecule has 1 aromatic rings. The van der Waals surface area contributed by atoms with E-state index in [0.717, 1.165) is 18.7 Å². The third-order valence-electron chi connectivity index (χ3n) is 3.55. The largest absolute Gasteiger partial charge is 0.389 e. The maximum Gasteiger partial charge on any atom is 0.123 e. The third-order valence-corrected chi connectivity index (χ3v) is 3.55. The highest BCUT2D eigenvalue weighted by Crippen LogP contribution is 2.31. The number of benzene rings is 1. The Balaban J connectivity index is 2.36. The van der Waals surface area contributed by atoms with Crippen LogP contribution in [0.2, 0.25) is 0 Å². The summed E-state index contributed by atoms with van der Waals surface area (Å²) in [5, 5.41) is 9.75. The number of rotatable bonds is 2. The highest BCUT2D eigenvalue weighted by molar-refractivity contribution is 5.55. The lowest BCUT2D eigenvalue weighted by atomic mass is 9.99. The number of aliphatic hydroxyl groups excluding tert-OH is 1. The van der Waals surface area contributed by atoms with E-state index in [-0.39, 0.29) is 5.82 Å². The zero-order chi connectivity index (χ0) is 12.4. The minimum atomic E-state index is -0.630. The molecule has 0 bridgehead atoms. The first kappa shape index (κ1) is 12.4. The molecule has 94 valence electrons. The fourth-order valence-corrected chi connectivity index (χ4v) is 2.58. The Morgan fingerprint density at radius 2 is 2.18 bits per heavy atom. The van der Waals surface area contributed by atoms with Gasteiger partial charge in [0.2, 0.25) is 0 Å². The van der Waals surface area contributed by atoms with E-state index < -0.39 is 6.10 Å². The number of aliphatic hydroxyl groups is 1. The maximum absolute atomic E-state index is 13.2. The maximum atomic E-state index is 13.2. The second-order valence-corrected chi connectivity index (χ2v) is 4.92. The number of nitrogens with zero attached hydrogens (tertiary/aromatic N) is 1. The Hall–Kier alpha value is -1.09. The van der Waals surface area contributed by atoms with Crippen LogP contribution < -0.4 is 4.90 Å². The summed E-state index contributed by atoms with van der Waals surface area (Å²) in [6, 6.07) is 5.18. The highest BCUT2D eigenvalue weighted by atomic mass is 19.1. The molecule has 2 unspecified atom stereocenters. The SMILES string of the molecule is CC(O)c1cc(F)ccc1N1CCCCC1C. The third kappa shape index (κ3) is 2.60. The molecule has 0 amide bonds. The Labute approximate surface area is 102 Å². The van der Waals surface area contributed by atoms with E-state index in [0.29, 0.717) is 11.6 Å². The highest BCUT2D eigenvalue weighted by Gasteiger charge is 2.22. The van der Waals surface area contributed by atoms with E-state index in [1.165, 1.54) is 25.0 Å². The molecule has 2 nitrogen and oxygen atoms in total. The van der Waals surface area contributed by atoms with Crippen LogP contribution in [-0.4, -0.2) is 17.7 Å². The van der Waals surface area contributed by atoms with Gasteiger partial charge in [-0.2, -0.15) is 0 Å². The van der Waals surface area contributed by atoms with E-state index in [2.05, 4.69) is 11.8 Å². The summed E-state index contributed by atoms with van der Waals surface area (Å²) in [5.74, 6) is -0.283. The van der Waals surface area contributed by atoms with Gasteiger partial charge in [0.25, 0.3) is 0 Å². The van der Waals surface area contributed by atoms with Gasteiger partial charge in [0, 0.05) is 23.8 Å². The molecular formula is C14H20FNO. The van der Waals surface area contributed by atoms with Crippen LogP contribution in [0.25, 0.3) is 0 Å². The standard InChI is InChI=1S/C14H20FNO/c1-10-5-3-4-8-16(10)14-7-6-12(15)9-13(14)11(2)17/h6-7,9-11,17H,3-5,8H2,1-2H3. The van der Waals surface area contributed by atoms with Crippen LogP contribution >= 0.6 is 0 Å². The van der Waals surface area contributed by atoms with E-state index in [1.54, 1.807) is 13.0 Å². The normalized spacial score (nSPS) is 22.6. The average molecular weight is 237 g/mol. The number of anilines is 1. The summed E-state index contributed by atoms with van der Waals surface area (Å²) in [5.41, 5.74) is 1.67. The molecule has 1 aromatic carbocycles. The van der Waals surface area contributed by atoms with Gasteiger partial charge >= 0.3 is 0 Å². The zero-order valence-electron chi connectivity index (χ0n) is 10.5. The first-order valence-corrected chi connectivity index (χ1v) is 6.33. The molecule has 1 heterocycles. The van der Waals surface area contributed by atoms with Gasteiger partial charge in [0.15, 0.2) is 0 Å². The summed E-state index contributed by atoms with van der Waals surface area (Å²) >= 11 is 0. The van der Waals surface area contributed by atoms with Crippen LogP contribution in [0.3, 0.4) is 0 Å². The van der Waals surface area contributed by atoms with Crippen LogP contribution in [0.1, 0.15) is 44.8 Å². The van der Waals surface area contributed by atoms with Crippen molar-refractivity contribution in [1.29, 1.82) is 0 Å². The Morgan fingerprint density at radius 3 is 2.82 bits per heavy atom. The number of halogens is 1. The van der Waals surface area contributed by atoms with Crippen LogP contribution in [0.4, 0.5) is 10.1 Å². The summed E-state index contributed by atoms with van der Waals surface area (Å²) < 4.78 is 13.2. The molecule has 1 N–H and O–H groups in total. The Bertz CT molecular complexity index is 392. The van der Waals surface area contributed by atoms with Crippen molar-refractivity contribution < 1.29 is 9.50 Å². The molecule has 3 heteroatoms. The first-order valence-electron chi connectivity index (χ1n) is 6.33. The van der Waals surface area contributed by atoms with Gasteiger partial charge in [-0.05, 0) is 51.3 Å². The summed E-state index contributed by atoms with van der Waals surface area (Å²) in [6.45, 7) is 4.87. The Morgan fingerprint density at radius 1 is 1.41 bits per heavy atom. The summed E-state index contributed by atoms with van der Waals surface area (Å²) in [6.07, 6.45) is 2.95. The van der Waals surface area contributed by atoms with E-state index in [4.69, 9.17) is 0 Å². The van der Waals surface area contributed by atoms with Gasteiger partial charge in [-0.25, -0.2) is 4.39 Å². The van der Waals surface area contributed by atoms with Crippen molar-refractivity contribution in [1.82, 2.24) is 0 Å². The van der Waals surface area contributed by atoms with Crippen molar-refractivity contribution in [2.45, 2.75) is 45.3 Å². The summed E-state index contributed by atoms with van der Waals surface area (Å²) in [7, 11) is 0. The minimum absolute atomic E-state index is 0.283. The number of hydrogen-bond donors (Lipinski definition) is 1. The van der Waals surface area contributed by atoms with Gasteiger partial charge < -0.3 is 10.0 Å². The number of hydrogen-bond acceptors (Lipinski definition) is 2. The number of piperidine rings is 1. The summed E-state index contributed by atoms with van der Waals surface area (Å²) in [4.78, 5) is 2.28. The second kappa shape index (κ2) is 5.05. The van der Waals surface area contributed by atoms with Crippen molar-refractivity contribution >= 4 is 5.69 Å². The fraction of sp³-hybridized carbons (Fsp3) is 0.571. The molecular weight excluding hydrogens is 217 g/mol. The van der Waals surface area contributed by atoms with Crippen LogP contribution in [0.15, 0.2) is 18.2 Å². The molecule has 0 spiro atoms. The molecule has 1 saturated heterocycles. The molecule has 0 saturated carbocycles. The van der Waals surface area contributed by atoms with Crippen molar-refractivity contribution in [3.63, 3.8) is 0 Å². The van der Waals surface area contributed by atoms with E-state index in [9.17, 15) is 9.50 Å². The first-order chi connectivity index (χ1) is 8.09. The van der Waals surface area contributed by atoms with Crippen LogP contribution in [-0.2, 0) is 0 Å². The molecule has 2 atom stereocenters. The lowest BCUT2D eigenvalue weighted by Gasteiger charge is -2.37. The van der Waals surface area contributed by atoms with E-state index >= 15 is 0 Å². The van der Waals surface area contributed by atoms with Gasteiger partial charge in [-0.1, -0.05) is 0 Å². The predicted octanol–water partition coefficient (Wildman–Crippen LogP) is 3.26. The zero-order valence-corrected chi connectivity index (χ0v) is 10.5. The van der Waals surface area contributed by atoms with Gasteiger partial charge in [-0.15, -0.1) is 0 Å².